The number of hydrogen-bond donors (Lipinski definition) is 3. The maximum Gasteiger partial charge on any atom is 0.254 e. The average Bonchev–Trinajstić information content (AvgIpc) is 3.26. The van der Waals surface area contributed by atoms with E-state index in [1.54, 1.807) is 12.1 Å². The number of aliphatic hydroxyl groups is 1. The SMILES string of the molecule is Nc1ncc(C(=O)NCCO)c2scc(COc3cccc(COc4ccc(Cl)cc4)c3)c12. The molecular formula is C24H22ClN3O4S. The van der Waals surface area contributed by atoms with Crippen LogP contribution in [0.25, 0.3) is 10.1 Å². The molecule has 4 aromatic rings. The van der Waals surface area contributed by atoms with Crippen LogP contribution in [-0.4, -0.2) is 29.1 Å². The van der Waals surface area contributed by atoms with Gasteiger partial charge in [0.15, 0.2) is 0 Å². The van der Waals surface area contributed by atoms with E-state index >= 15 is 0 Å². The maximum absolute atomic E-state index is 12.4. The van der Waals surface area contributed by atoms with E-state index in [1.165, 1.54) is 17.5 Å². The third-order valence-corrected chi connectivity index (χ3v) is 6.17. The molecule has 0 radical (unpaired) electrons. The number of carbonyl (C=O) groups is 1. The summed E-state index contributed by atoms with van der Waals surface area (Å²) in [6.45, 7) is 0.702. The van der Waals surface area contributed by atoms with Gasteiger partial charge in [-0.2, -0.15) is 0 Å². The van der Waals surface area contributed by atoms with Gasteiger partial charge in [-0.25, -0.2) is 4.98 Å². The largest absolute Gasteiger partial charge is 0.489 e. The molecule has 33 heavy (non-hydrogen) atoms. The van der Waals surface area contributed by atoms with Crippen molar-refractivity contribution in [3.63, 3.8) is 0 Å². The molecule has 2 aromatic heterocycles. The number of aliphatic hydroxyl groups excluding tert-OH is 1. The van der Waals surface area contributed by atoms with E-state index in [4.69, 9.17) is 31.9 Å². The molecule has 2 aromatic carbocycles. The normalized spacial score (nSPS) is 10.8. The van der Waals surface area contributed by atoms with Gasteiger partial charge in [-0.1, -0.05) is 23.7 Å². The van der Waals surface area contributed by atoms with Crippen LogP contribution in [0.1, 0.15) is 21.5 Å². The highest BCUT2D eigenvalue weighted by molar-refractivity contribution is 7.17. The molecular weight excluding hydrogens is 462 g/mol. The van der Waals surface area contributed by atoms with E-state index in [9.17, 15) is 4.79 Å². The number of carbonyl (C=O) groups excluding carboxylic acids is 1. The zero-order valence-corrected chi connectivity index (χ0v) is 19.2. The second kappa shape index (κ2) is 10.5. The highest BCUT2D eigenvalue weighted by Gasteiger charge is 2.17. The number of nitrogen functional groups attached to an aromatic ring is 1. The van der Waals surface area contributed by atoms with Crippen molar-refractivity contribution in [2.75, 3.05) is 18.9 Å². The van der Waals surface area contributed by atoms with E-state index in [0.717, 1.165) is 21.6 Å². The van der Waals surface area contributed by atoms with E-state index in [2.05, 4.69) is 10.3 Å². The fraction of sp³-hybridized carbons (Fsp3) is 0.167. The van der Waals surface area contributed by atoms with Crippen molar-refractivity contribution in [3.8, 4) is 11.5 Å². The van der Waals surface area contributed by atoms with Gasteiger partial charge >= 0.3 is 0 Å². The number of benzene rings is 2. The van der Waals surface area contributed by atoms with Crippen LogP contribution < -0.4 is 20.5 Å². The molecule has 7 nitrogen and oxygen atoms in total. The van der Waals surface area contributed by atoms with Crippen LogP contribution in [0.3, 0.4) is 0 Å². The van der Waals surface area contributed by atoms with Crippen LogP contribution in [0.5, 0.6) is 11.5 Å². The lowest BCUT2D eigenvalue weighted by molar-refractivity contribution is 0.0946. The molecule has 0 aliphatic carbocycles. The van der Waals surface area contributed by atoms with Crippen LogP contribution in [0.4, 0.5) is 5.82 Å². The molecule has 170 valence electrons. The molecule has 0 saturated heterocycles. The lowest BCUT2D eigenvalue weighted by Gasteiger charge is -2.10. The molecule has 0 atom stereocenters. The van der Waals surface area contributed by atoms with Crippen LogP contribution in [0.2, 0.25) is 5.02 Å². The summed E-state index contributed by atoms with van der Waals surface area (Å²) in [5, 5.41) is 14.9. The van der Waals surface area contributed by atoms with Crippen LogP contribution in [-0.2, 0) is 13.2 Å². The number of nitrogens with zero attached hydrogens (tertiary/aromatic N) is 1. The predicted octanol–water partition coefficient (Wildman–Crippen LogP) is 4.41. The highest BCUT2D eigenvalue weighted by atomic mass is 35.5. The minimum absolute atomic E-state index is 0.134. The molecule has 1 amide bonds. The monoisotopic (exact) mass is 483 g/mol. The Morgan fingerprint density at radius 2 is 1.91 bits per heavy atom. The minimum Gasteiger partial charge on any atom is -0.489 e. The summed E-state index contributed by atoms with van der Waals surface area (Å²) < 4.78 is 12.5. The van der Waals surface area contributed by atoms with E-state index < -0.39 is 0 Å². The molecule has 4 N–H and O–H groups in total. The summed E-state index contributed by atoms with van der Waals surface area (Å²) in [4.78, 5) is 16.6. The molecule has 4 rings (SSSR count). The Kier molecular flexibility index (Phi) is 7.29. The number of thiophene rings is 1. The van der Waals surface area contributed by atoms with Gasteiger partial charge in [0, 0.05) is 28.7 Å². The summed E-state index contributed by atoms with van der Waals surface area (Å²) >= 11 is 7.31. The Balaban J connectivity index is 1.45. The van der Waals surface area contributed by atoms with Gasteiger partial charge in [-0.15, -0.1) is 11.3 Å². The molecule has 2 heterocycles. The van der Waals surface area contributed by atoms with Gasteiger partial charge < -0.3 is 25.6 Å². The van der Waals surface area contributed by atoms with Crippen molar-refractivity contribution in [3.05, 3.63) is 81.8 Å². The Bertz CT molecular complexity index is 1260. The number of anilines is 1. The molecule has 0 aliphatic rings. The zero-order chi connectivity index (χ0) is 23.2. The third kappa shape index (κ3) is 5.54. The summed E-state index contributed by atoms with van der Waals surface area (Å²) in [6.07, 6.45) is 1.45. The van der Waals surface area contributed by atoms with Gasteiger partial charge in [0.1, 0.15) is 30.5 Å². The molecule has 9 heteroatoms. The number of halogens is 1. The van der Waals surface area contributed by atoms with Crippen molar-refractivity contribution in [1.29, 1.82) is 0 Å². The number of nitrogens with two attached hydrogens (primary N) is 1. The Morgan fingerprint density at radius 1 is 1.12 bits per heavy atom. The Morgan fingerprint density at radius 3 is 2.70 bits per heavy atom. The van der Waals surface area contributed by atoms with E-state index in [1.807, 2.05) is 41.8 Å². The molecule has 0 bridgehead atoms. The number of pyridine rings is 1. The second-order valence-electron chi connectivity index (χ2n) is 7.18. The van der Waals surface area contributed by atoms with Gasteiger partial charge in [0.25, 0.3) is 5.91 Å². The van der Waals surface area contributed by atoms with E-state index in [0.29, 0.717) is 34.1 Å². The van der Waals surface area contributed by atoms with Crippen molar-refractivity contribution in [2.24, 2.45) is 0 Å². The first-order valence-corrected chi connectivity index (χ1v) is 11.4. The summed E-state index contributed by atoms with van der Waals surface area (Å²) in [6, 6.07) is 14.9. The molecule has 0 unspecified atom stereocenters. The Hall–Kier alpha value is -3.33. The zero-order valence-electron chi connectivity index (χ0n) is 17.6. The smallest absolute Gasteiger partial charge is 0.254 e. The van der Waals surface area contributed by atoms with Gasteiger partial charge in [0.05, 0.1) is 16.9 Å². The van der Waals surface area contributed by atoms with Gasteiger partial charge in [0.2, 0.25) is 0 Å². The van der Waals surface area contributed by atoms with Crippen molar-refractivity contribution >= 4 is 44.7 Å². The summed E-state index contributed by atoms with van der Waals surface area (Å²) in [5.74, 6) is 1.46. The fourth-order valence-corrected chi connectivity index (χ4v) is 4.44. The minimum atomic E-state index is -0.302. The molecule has 0 aliphatic heterocycles. The van der Waals surface area contributed by atoms with Gasteiger partial charge in [-0.05, 0) is 47.3 Å². The number of aromatic nitrogens is 1. The van der Waals surface area contributed by atoms with Crippen molar-refractivity contribution in [2.45, 2.75) is 13.2 Å². The number of ether oxygens (including phenoxy) is 2. The molecule has 0 spiro atoms. The first-order valence-electron chi connectivity index (χ1n) is 10.2. The van der Waals surface area contributed by atoms with Crippen molar-refractivity contribution < 1.29 is 19.4 Å². The first kappa shape index (κ1) is 22.8. The number of nitrogens with one attached hydrogen (secondary N) is 1. The standard InChI is InChI=1S/C24H22ClN3O4S/c25-17-4-6-18(7-5-17)31-12-15-2-1-3-19(10-15)32-13-16-14-33-22-20(24(30)27-8-9-29)11-28-23(26)21(16)22/h1-7,10-11,14,29H,8-9,12-13H2,(H2,26,28)(H,27,30). The van der Waals surface area contributed by atoms with Crippen molar-refractivity contribution in [1.82, 2.24) is 10.3 Å². The lowest BCUT2D eigenvalue weighted by atomic mass is 10.1. The topological polar surface area (TPSA) is 107 Å². The maximum atomic E-state index is 12.4. The third-order valence-electron chi connectivity index (χ3n) is 4.85. The lowest BCUT2D eigenvalue weighted by Crippen LogP contribution is -2.26. The Labute approximate surface area is 199 Å². The van der Waals surface area contributed by atoms with Crippen LogP contribution in [0, 0.1) is 0 Å². The number of hydrogen-bond acceptors (Lipinski definition) is 7. The fourth-order valence-electron chi connectivity index (χ4n) is 3.25. The summed E-state index contributed by atoms with van der Waals surface area (Å²) in [7, 11) is 0. The first-order chi connectivity index (χ1) is 16.0. The second-order valence-corrected chi connectivity index (χ2v) is 8.50. The number of fused-ring (bicyclic) bond motifs is 1. The van der Waals surface area contributed by atoms with Crippen LogP contribution in [0.15, 0.2) is 60.1 Å². The summed E-state index contributed by atoms with van der Waals surface area (Å²) in [5.41, 5.74) is 8.34. The quantitative estimate of drug-likeness (QED) is 0.325. The number of amides is 1. The number of rotatable bonds is 9. The van der Waals surface area contributed by atoms with Crippen LogP contribution >= 0.6 is 22.9 Å². The molecule has 0 saturated carbocycles. The highest BCUT2D eigenvalue weighted by Crippen LogP contribution is 2.33. The predicted molar refractivity (Wildman–Crippen MR) is 130 cm³/mol. The molecule has 0 fully saturated rings. The average molecular weight is 484 g/mol. The van der Waals surface area contributed by atoms with E-state index in [-0.39, 0.29) is 25.7 Å². The van der Waals surface area contributed by atoms with Gasteiger partial charge in [-0.3, -0.25) is 4.79 Å².